The van der Waals surface area contributed by atoms with Crippen LogP contribution in [0.2, 0.25) is 18.1 Å². The zero-order valence-electron chi connectivity index (χ0n) is 25.6. The van der Waals surface area contributed by atoms with Crippen LogP contribution in [0.25, 0.3) is 10.9 Å². The minimum atomic E-state index is -1.72. The Morgan fingerprint density at radius 3 is 2.38 bits per heavy atom. The lowest BCUT2D eigenvalue weighted by Gasteiger charge is -2.47. The number of H-pyrrole nitrogens is 1. The molecular formula is C34H49N3O2Si. The minimum absolute atomic E-state index is 0.232. The second kappa shape index (κ2) is 11.8. The minimum Gasteiger partial charge on any atom is -0.376 e. The van der Waals surface area contributed by atoms with Crippen molar-refractivity contribution in [3.8, 4) is 0 Å². The SMILES string of the molecule is CC[Si](CC)(CC)c1[nH]c2cnc(C(C)(C)C(=O)N3CC4CCC3CC4)cc2c1[C@H](C)COCc1ccccc1. The number of nitrogens with zero attached hydrogens (tertiary/aromatic N) is 2. The summed E-state index contributed by atoms with van der Waals surface area (Å²) in [4.78, 5) is 25.0. The lowest BCUT2D eigenvalue weighted by molar-refractivity contribution is -0.144. The molecule has 0 radical (unpaired) electrons. The zero-order valence-corrected chi connectivity index (χ0v) is 26.6. The zero-order chi connectivity index (χ0) is 28.5. The number of rotatable bonds is 11. The predicted molar refractivity (Wildman–Crippen MR) is 168 cm³/mol. The van der Waals surface area contributed by atoms with Crippen molar-refractivity contribution in [2.24, 2.45) is 5.92 Å². The molecule has 1 N–H and O–H groups in total. The molecule has 3 aromatic rings. The number of carbonyl (C=O) groups excluding carboxylic acids is 1. The Hall–Kier alpha value is -2.44. The molecule has 0 spiro atoms. The van der Waals surface area contributed by atoms with Gasteiger partial charge in [0.25, 0.3) is 0 Å². The van der Waals surface area contributed by atoms with E-state index in [1.165, 1.54) is 52.8 Å². The molecule has 1 saturated carbocycles. The number of ether oxygens (including phenoxy) is 1. The number of hydrogen-bond donors (Lipinski definition) is 1. The van der Waals surface area contributed by atoms with E-state index in [2.05, 4.69) is 81.8 Å². The van der Waals surface area contributed by atoms with Gasteiger partial charge in [0.05, 0.1) is 36.0 Å². The van der Waals surface area contributed by atoms with E-state index in [9.17, 15) is 4.79 Å². The molecule has 6 heteroatoms. The average molecular weight is 560 g/mol. The first kappa shape index (κ1) is 29.1. The van der Waals surface area contributed by atoms with E-state index in [4.69, 9.17) is 9.72 Å². The Balaban J connectivity index is 1.50. The molecule has 2 aliphatic heterocycles. The van der Waals surface area contributed by atoms with Crippen molar-refractivity contribution >= 4 is 30.2 Å². The third-order valence-corrected chi connectivity index (χ3v) is 15.9. The second-order valence-electron chi connectivity index (χ2n) is 13.0. The van der Waals surface area contributed by atoms with Crippen LogP contribution in [0.5, 0.6) is 0 Å². The van der Waals surface area contributed by atoms with E-state index in [0.29, 0.717) is 25.2 Å². The fourth-order valence-corrected chi connectivity index (χ4v) is 11.4. The fourth-order valence-electron chi connectivity index (χ4n) is 7.46. The summed E-state index contributed by atoms with van der Waals surface area (Å²) in [5, 5.41) is 2.69. The predicted octanol–water partition coefficient (Wildman–Crippen LogP) is 7.28. The van der Waals surface area contributed by atoms with Gasteiger partial charge in [-0.25, -0.2) is 0 Å². The van der Waals surface area contributed by atoms with Gasteiger partial charge < -0.3 is 14.6 Å². The molecule has 1 amide bonds. The lowest BCUT2D eigenvalue weighted by atomic mass is 9.77. The van der Waals surface area contributed by atoms with E-state index in [1.807, 2.05) is 12.3 Å². The molecule has 3 fully saturated rings. The summed E-state index contributed by atoms with van der Waals surface area (Å²) in [6.07, 6.45) is 6.85. The quantitative estimate of drug-likeness (QED) is 0.251. The van der Waals surface area contributed by atoms with Gasteiger partial charge in [-0.2, -0.15) is 0 Å². The maximum Gasteiger partial charge on any atom is 0.234 e. The van der Waals surface area contributed by atoms with Crippen LogP contribution in [-0.4, -0.2) is 48.0 Å². The number of piperidine rings is 2. The molecular weight excluding hydrogens is 510 g/mol. The molecule has 1 aromatic carbocycles. The second-order valence-corrected chi connectivity index (χ2v) is 18.2. The Kier molecular flexibility index (Phi) is 8.58. The normalized spacial score (nSPS) is 20.3. The number of fused-ring (bicyclic) bond motifs is 4. The molecule has 2 bridgehead atoms. The maximum atomic E-state index is 14.0. The fraction of sp³-hybridized carbons (Fsp3) is 0.588. The van der Waals surface area contributed by atoms with Crippen molar-refractivity contribution in [3.05, 3.63) is 59.4 Å². The molecule has 216 valence electrons. The topological polar surface area (TPSA) is 58.2 Å². The summed E-state index contributed by atoms with van der Waals surface area (Å²) >= 11 is 0. The first-order valence-electron chi connectivity index (χ1n) is 15.7. The largest absolute Gasteiger partial charge is 0.376 e. The van der Waals surface area contributed by atoms with Crippen LogP contribution < -0.4 is 5.32 Å². The average Bonchev–Trinajstić information content (AvgIpc) is 3.38. The molecule has 6 rings (SSSR count). The smallest absolute Gasteiger partial charge is 0.234 e. The van der Waals surface area contributed by atoms with Crippen molar-refractivity contribution in [3.63, 3.8) is 0 Å². The van der Waals surface area contributed by atoms with Gasteiger partial charge in [0.2, 0.25) is 5.91 Å². The van der Waals surface area contributed by atoms with Crippen LogP contribution in [0.3, 0.4) is 0 Å². The van der Waals surface area contributed by atoms with Gasteiger partial charge in [-0.1, -0.05) is 76.2 Å². The third-order valence-electron chi connectivity index (χ3n) is 10.4. The van der Waals surface area contributed by atoms with E-state index < -0.39 is 13.5 Å². The number of carbonyl (C=O) groups is 1. The van der Waals surface area contributed by atoms with Gasteiger partial charge in [0.1, 0.15) is 8.07 Å². The summed E-state index contributed by atoms with van der Waals surface area (Å²) in [6.45, 7) is 15.7. The molecule has 1 atom stereocenters. The van der Waals surface area contributed by atoms with Crippen molar-refractivity contribution in [1.29, 1.82) is 0 Å². The van der Waals surface area contributed by atoms with Gasteiger partial charge in [0, 0.05) is 29.2 Å². The molecule has 0 unspecified atom stereocenters. The van der Waals surface area contributed by atoms with Crippen LogP contribution in [0.1, 0.15) is 90.0 Å². The van der Waals surface area contributed by atoms with Crippen molar-refractivity contribution in [2.75, 3.05) is 13.2 Å². The number of hydrogen-bond acceptors (Lipinski definition) is 3. The summed E-state index contributed by atoms with van der Waals surface area (Å²) in [5.41, 5.74) is 3.90. The van der Waals surface area contributed by atoms with Gasteiger partial charge in [-0.05, 0) is 62.6 Å². The van der Waals surface area contributed by atoms with Crippen LogP contribution in [0.4, 0.5) is 0 Å². The lowest BCUT2D eigenvalue weighted by Crippen LogP contribution is -2.55. The van der Waals surface area contributed by atoms with Gasteiger partial charge in [-0.3, -0.25) is 9.78 Å². The van der Waals surface area contributed by atoms with Crippen LogP contribution in [0.15, 0.2) is 42.6 Å². The molecule has 1 aliphatic carbocycles. The highest BCUT2D eigenvalue weighted by Gasteiger charge is 2.43. The number of aromatic amines is 1. The molecule has 5 nitrogen and oxygen atoms in total. The Morgan fingerprint density at radius 1 is 1.10 bits per heavy atom. The Labute approximate surface area is 242 Å². The molecule has 40 heavy (non-hydrogen) atoms. The van der Waals surface area contributed by atoms with Crippen LogP contribution in [0, 0.1) is 5.92 Å². The van der Waals surface area contributed by atoms with Gasteiger partial charge in [-0.15, -0.1) is 0 Å². The number of aromatic nitrogens is 2. The number of amides is 1. The summed E-state index contributed by atoms with van der Waals surface area (Å²) in [5.74, 6) is 1.14. The van der Waals surface area contributed by atoms with E-state index in [-0.39, 0.29) is 11.8 Å². The number of benzene rings is 1. The highest BCUT2D eigenvalue weighted by molar-refractivity contribution is 6.91. The standard InChI is InChI=1S/C34H49N3O2Si/c1-7-40(8-2,9-3)32-31(24(4)22-39-23-26-13-11-10-12-14-26)28-19-30(35-20-29(28)36-32)34(5,6)33(38)37-21-25-15-17-27(37)18-16-25/h10-14,19-20,24-25,27,36H,7-9,15-18,21-23H2,1-6H3/t24-,25?,27?/m1/s1. The molecule has 2 aromatic heterocycles. The van der Waals surface area contributed by atoms with Crippen molar-refractivity contribution in [1.82, 2.24) is 14.9 Å². The summed E-state index contributed by atoms with van der Waals surface area (Å²) in [6, 6.07) is 16.7. The maximum absolute atomic E-state index is 14.0. The van der Waals surface area contributed by atoms with Crippen molar-refractivity contribution in [2.45, 2.75) is 109 Å². The number of nitrogens with one attached hydrogen (secondary N) is 1. The first-order valence-corrected chi connectivity index (χ1v) is 18.3. The van der Waals surface area contributed by atoms with Gasteiger partial charge >= 0.3 is 0 Å². The number of pyridine rings is 1. The summed E-state index contributed by atoms with van der Waals surface area (Å²) in [7, 11) is -1.72. The molecule has 3 aliphatic rings. The Bertz CT molecular complexity index is 1300. The van der Waals surface area contributed by atoms with E-state index in [0.717, 1.165) is 30.6 Å². The van der Waals surface area contributed by atoms with E-state index in [1.54, 1.807) is 0 Å². The first-order chi connectivity index (χ1) is 19.2. The summed E-state index contributed by atoms with van der Waals surface area (Å²) < 4.78 is 6.29. The molecule has 4 heterocycles. The van der Waals surface area contributed by atoms with Crippen LogP contribution >= 0.6 is 0 Å². The molecule has 2 saturated heterocycles. The monoisotopic (exact) mass is 559 g/mol. The Morgan fingerprint density at radius 2 is 1.77 bits per heavy atom. The van der Waals surface area contributed by atoms with Crippen molar-refractivity contribution < 1.29 is 9.53 Å². The van der Waals surface area contributed by atoms with Crippen LogP contribution in [-0.2, 0) is 21.6 Å². The van der Waals surface area contributed by atoms with Gasteiger partial charge in [0.15, 0.2) is 0 Å². The third kappa shape index (κ3) is 5.29. The highest BCUT2D eigenvalue weighted by Crippen LogP contribution is 2.39. The van der Waals surface area contributed by atoms with E-state index >= 15 is 0 Å². The highest BCUT2D eigenvalue weighted by atomic mass is 28.3.